The number of likely N-dealkylation sites (tertiary alicyclic amines) is 1. The van der Waals surface area contributed by atoms with E-state index in [-0.39, 0.29) is 17.9 Å². The molecule has 10 heteroatoms. The van der Waals surface area contributed by atoms with Crippen molar-refractivity contribution in [3.63, 3.8) is 0 Å². The van der Waals surface area contributed by atoms with Gasteiger partial charge in [0.1, 0.15) is 5.60 Å². The number of carbonyl (C=O) groups is 2. The normalized spacial score (nSPS) is 14.3. The number of amides is 2. The second-order valence-corrected chi connectivity index (χ2v) is 10.5. The number of para-hydroxylation sites is 2. The fraction of sp³-hybridized carbons (Fsp3) is 0.333. The number of hydrogen-bond acceptors (Lipinski definition) is 6. The van der Waals surface area contributed by atoms with Crippen LogP contribution in [0.5, 0.6) is 0 Å². The molecule has 2 N–H and O–H groups in total. The highest BCUT2D eigenvalue weighted by atomic mass is 32.1. The Kier molecular flexibility index (Phi) is 5.60. The fourth-order valence-corrected chi connectivity index (χ4v) is 4.82. The van der Waals surface area contributed by atoms with Crippen LogP contribution in [-0.2, 0) is 11.3 Å². The molecule has 0 atom stereocenters. The predicted octanol–water partition coefficient (Wildman–Crippen LogP) is 4.61. The van der Waals surface area contributed by atoms with Gasteiger partial charge in [-0.25, -0.2) is 9.78 Å². The molecule has 1 fully saturated rings. The van der Waals surface area contributed by atoms with E-state index < -0.39 is 5.60 Å². The predicted molar refractivity (Wildman–Crippen MR) is 131 cm³/mol. The average molecular weight is 479 g/mol. The van der Waals surface area contributed by atoms with Crippen molar-refractivity contribution >= 4 is 40.3 Å². The summed E-state index contributed by atoms with van der Waals surface area (Å²) in [5, 5.41) is 9.74. The Labute approximate surface area is 200 Å². The largest absolute Gasteiger partial charge is 0.444 e. The number of imidazole rings is 1. The lowest BCUT2D eigenvalue weighted by Crippen LogP contribution is -2.52. The van der Waals surface area contributed by atoms with E-state index in [1.165, 1.54) is 11.3 Å². The molecule has 0 spiro atoms. The first-order valence-corrected chi connectivity index (χ1v) is 11.9. The first-order chi connectivity index (χ1) is 16.3. The van der Waals surface area contributed by atoms with E-state index in [1.807, 2.05) is 55.7 Å². The number of fused-ring (bicyclic) bond motifs is 1. The maximum absolute atomic E-state index is 13.0. The van der Waals surface area contributed by atoms with E-state index in [2.05, 4.69) is 20.5 Å². The zero-order chi connectivity index (χ0) is 23.9. The number of nitrogens with zero attached hydrogens (tertiary/aromatic N) is 4. The summed E-state index contributed by atoms with van der Waals surface area (Å²) < 4.78 is 7.48. The van der Waals surface area contributed by atoms with Crippen LogP contribution in [0.3, 0.4) is 0 Å². The van der Waals surface area contributed by atoms with Gasteiger partial charge in [0, 0.05) is 42.2 Å². The zero-order valence-corrected chi connectivity index (χ0v) is 20.1. The Bertz CT molecular complexity index is 1330. The van der Waals surface area contributed by atoms with Crippen molar-refractivity contribution in [2.75, 3.05) is 18.4 Å². The quantitative estimate of drug-likeness (QED) is 0.436. The number of carbonyl (C=O) groups excluding carboxylic acids is 2. The number of nitrogens with one attached hydrogen (secondary N) is 2. The number of ether oxygens (including phenoxy) is 1. The van der Waals surface area contributed by atoms with Crippen LogP contribution >= 0.6 is 11.3 Å². The number of thiophene rings is 1. The van der Waals surface area contributed by atoms with Gasteiger partial charge in [-0.15, -0.1) is 11.3 Å². The molecule has 34 heavy (non-hydrogen) atoms. The molecule has 9 nitrogen and oxygen atoms in total. The maximum atomic E-state index is 13.0. The average Bonchev–Trinajstić information content (AvgIpc) is 3.48. The zero-order valence-electron chi connectivity index (χ0n) is 19.2. The highest BCUT2D eigenvalue weighted by molar-refractivity contribution is 7.17. The summed E-state index contributed by atoms with van der Waals surface area (Å²) >= 11 is 1.40. The summed E-state index contributed by atoms with van der Waals surface area (Å²) in [6, 6.07) is 11.5. The molecule has 0 bridgehead atoms. The molecule has 1 aromatic carbocycles. The summed E-state index contributed by atoms with van der Waals surface area (Å²) in [6.45, 7) is 7.43. The lowest BCUT2D eigenvalue weighted by molar-refractivity contribution is -0.00308. The molecule has 4 heterocycles. The Morgan fingerprint density at radius 1 is 1.21 bits per heavy atom. The highest BCUT2D eigenvalue weighted by Gasteiger charge is 2.34. The third-order valence-corrected chi connectivity index (χ3v) is 6.68. The summed E-state index contributed by atoms with van der Waals surface area (Å²) in [6.07, 6.45) is 3.23. The van der Waals surface area contributed by atoms with Crippen LogP contribution in [-0.4, -0.2) is 55.3 Å². The van der Waals surface area contributed by atoms with Crippen molar-refractivity contribution in [2.45, 2.75) is 32.9 Å². The van der Waals surface area contributed by atoms with Crippen molar-refractivity contribution in [2.24, 2.45) is 5.92 Å². The number of H-pyrrole nitrogens is 1. The number of aromatic amines is 1. The van der Waals surface area contributed by atoms with E-state index in [4.69, 9.17) is 4.74 Å². The third kappa shape index (κ3) is 4.54. The van der Waals surface area contributed by atoms with Gasteiger partial charge in [-0.3, -0.25) is 15.2 Å². The first-order valence-electron chi connectivity index (χ1n) is 11.1. The molecule has 1 aliphatic rings. The molecule has 0 unspecified atom stereocenters. The van der Waals surface area contributed by atoms with Crippen LogP contribution in [0.2, 0.25) is 0 Å². The maximum Gasteiger partial charge on any atom is 0.410 e. The topological polar surface area (TPSA) is 105 Å². The minimum atomic E-state index is -0.514. The Balaban J connectivity index is 1.31. The van der Waals surface area contributed by atoms with E-state index in [0.29, 0.717) is 30.5 Å². The molecule has 3 aromatic heterocycles. The highest BCUT2D eigenvalue weighted by Crippen LogP contribution is 2.29. The number of hydrogen-bond donors (Lipinski definition) is 2. The summed E-state index contributed by atoms with van der Waals surface area (Å²) in [5.41, 5.74) is 2.18. The van der Waals surface area contributed by atoms with E-state index in [9.17, 15) is 9.59 Å². The number of aromatic nitrogens is 4. The molecule has 4 aromatic rings. The molecule has 1 saturated heterocycles. The monoisotopic (exact) mass is 478 g/mol. The Morgan fingerprint density at radius 3 is 2.74 bits per heavy atom. The van der Waals surface area contributed by atoms with Crippen LogP contribution in [0, 0.1) is 5.92 Å². The van der Waals surface area contributed by atoms with Crippen LogP contribution < -0.4 is 5.32 Å². The molecular weight excluding hydrogens is 452 g/mol. The van der Waals surface area contributed by atoms with Crippen molar-refractivity contribution in [1.82, 2.24) is 24.6 Å². The van der Waals surface area contributed by atoms with Crippen molar-refractivity contribution in [3.8, 4) is 10.4 Å². The Hall–Kier alpha value is -3.66. The van der Waals surface area contributed by atoms with Gasteiger partial charge in [-0.2, -0.15) is 5.10 Å². The van der Waals surface area contributed by atoms with Crippen LogP contribution in [0.1, 0.15) is 30.4 Å². The number of benzene rings is 1. The van der Waals surface area contributed by atoms with Crippen LogP contribution in [0.15, 0.2) is 48.8 Å². The van der Waals surface area contributed by atoms with E-state index in [1.54, 1.807) is 23.4 Å². The fourth-order valence-electron chi connectivity index (χ4n) is 3.94. The Morgan fingerprint density at radius 2 is 2.00 bits per heavy atom. The third-order valence-electron chi connectivity index (χ3n) is 5.54. The smallest absolute Gasteiger partial charge is 0.410 e. The lowest BCUT2D eigenvalue weighted by atomic mass is 10.0. The summed E-state index contributed by atoms with van der Waals surface area (Å²) in [5.74, 6) is 0.538. The van der Waals surface area contributed by atoms with Gasteiger partial charge in [0.2, 0.25) is 5.95 Å². The van der Waals surface area contributed by atoms with Crippen molar-refractivity contribution in [1.29, 1.82) is 0 Å². The van der Waals surface area contributed by atoms with E-state index >= 15 is 0 Å². The van der Waals surface area contributed by atoms with Gasteiger partial charge in [0.15, 0.2) is 0 Å². The molecule has 2 amide bonds. The molecule has 0 saturated carbocycles. The molecular formula is C24H26N6O3S. The van der Waals surface area contributed by atoms with Crippen LogP contribution in [0.4, 0.5) is 10.7 Å². The second-order valence-electron chi connectivity index (χ2n) is 9.39. The summed E-state index contributed by atoms with van der Waals surface area (Å²) in [7, 11) is 0. The SMILES string of the molecule is CC(C)(C)OC(=O)N1CC(Cn2c(NC(=O)c3ccc(-c4cn[nH]c4)s3)nc3ccccc32)C1. The summed E-state index contributed by atoms with van der Waals surface area (Å²) in [4.78, 5) is 33.2. The van der Waals surface area contributed by atoms with E-state index in [0.717, 1.165) is 21.5 Å². The molecule has 176 valence electrons. The van der Waals surface area contributed by atoms with Gasteiger partial charge in [-0.1, -0.05) is 12.1 Å². The number of anilines is 1. The first kappa shape index (κ1) is 22.1. The minimum Gasteiger partial charge on any atom is -0.444 e. The second kappa shape index (κ2) is 8.60. The molecule has 5 rings (SSSR count). The molecule has 0 aliphatic carbocycles. The molecule has 1 aliphatic heterocycles. The van der Waals surface area contributed by atoms with Gasteiger partial charge in [-0.05, 0) is 45.0 Å². The van der Waals surface area contributed by atoms with Gasteiger partial charge in [0.25, 0.3) is 5.91 Å². The van der Waals surface area contributed by atoms with Gasteiger partial charge < -0.3 is 14.2 Å². The van der Waals surface area contributed by atoms with Gasteiger partial charge >= 0.3 is 6.09 Å². The van der Waals surface area contributed by atoms with Gasteiger partial charge in [0.05, 0.1) is 22.1 Å². The standard InChI is InChI=1S/C24H26N6O3S/c1-24(2,3)33-23(32)29-12-15(13-29)14-30-18-7-5-4-6-17(18)27-22(30)28-21(31)20-9-8-19(34-20)16-10-25-26-11-16/h4-11,15H,12-14H2,1-3H3,(H,25,26)(H,27,28,31). The molecule has 0 radical (unpaired) electrons. The number of rotatable bonds is 5. The van der Waals surface area contributed by atoms with Crippen LogP contribution in [0.25, 0.3) is 21.5 Å². The minimum absolute atomic E-state index is 0.208. The van der Waals surface area contributed by atoms with Crippen molar-refractivity contribution in [3.05, 3.63) is 53.7 Å². The lowest BCUT2D eigenvalue weighted by Gasteiger charge is -2.40. The van der Waals surface area contributed by atoms with Crippen molar-refractivity contribution < 1.29 is 14.3 Å².